The Kier molecular flexibility index (Phi) is 6.33. The number of hydrogen-bond acceptors (Lipinski definition) is 7. The van der Waals surface area contributed by atoms with Gasteiger partial charge in [-0.25, -0.2) is 18.2 Å². The molecule has 1 atom stereocenters. The minimum absolute atomic E-state index is 0.0233. The molecule has 1 aromatic heterocycles. The third kappa shape index (κ3) is 4.81. The van der Waals surface area contributed by atoms with Gasteiger partial charge in [-0.2, -0.15) is 0 Å². The number of ether oxygens (including phenoxy) is 1. The highest BCUT2D eigenvalue weighted by Gasteiger charge is 2.24. The summed E-state index contributed by atoms with van der Waals surface area (Å²) in [5.41, 5.74) is 4.12. The van der Waals surface area contributed by atoms with E-state index < -0.39 is 10.0 Å². The van der Waals surface area contributed by atoms with Crippen molar-refractivity contribution < 1.29 is 13.2 Å². The van der Waals surface area contributed by atoms with Crippen molar-refractivity contribution in [2.45, 2.75) is 23.8 Å². The van der Waals surface area contributed by atoms with Gasteiger partial charge in [-0.15, -0.1) is 5.10 Å². The first-order valence-corrected chi connectivity index (χ1v) is 12.8. The molecule has 1 aliphatic heterocycles. The van der Waals surface area contributed by atoms with Crippen LogP contribution in [0, 0.1) is 0 Å². The van der Waals surface area contributed by atoms with Gasteiger partial charge in [0.2, 0.25) is 10.0 Å². The van der Waals surface area contributed by atoms with Gasteiger partial charge in [0.05, 0.1) is 18.6 Å². The van der Waals surface area contributed by atoms with Crippen LogP contribution in [-0.2, 0) is 16.6 Å². The second-order valence-electron chi connectivity index (χ2n) is 8.54. The van der Waals surface area contributed by atoms with Crippen molar-refractivity contribution in [1.29, 1.82) is 0 Å². The zero-order chi connectivity index (χ0) is 24.4. The molecule has 1 aliphatic rings. The zero-order valence-corrected chi connectivity index (χ0v) is 20.1. The number of sulfonamides is 1. The predicted molar refractivity (Wildman–Crippen MR) is 132 cm³/mol. The van der Waals surface area contributed by atoms with Crippen LogP contribution in [0.25, 0.3) is 22.5 Å². The third-order valence-corrected chi connectivity index (χ3v) is 7.29. The Balaban J connectivity index is 1.59. The molecule has 9 nitrogen and oxygen atoms in total. The van der Waals surface area contributed by atoms with Gasteiger partial charge in [0, 0.05) is 12.1 Å². The molecule has 0 radical (unpaired) electrons. The largest absolute Gasteiger partial charge is 0.497 e. The van der Waals surface area contributed by atoms with Crippen LogP contribution < -0.4 is 15.2 Å². The van der Waals surface area contributed by atoms with Gasteiger partial charge in [0.1, 0.15) is 5.75 Å². The standard InChI is InChI=1S/C25H26N6O3S/c1-34-21-11-5-17(6-12-21)16-31-25(28-29-30-31)24-22(3-2-4-23(24)35(26,32)33)19-9-7-18(8-10-19)20-13-14-27-15-20/h2-12,20,27H,13-16H2,1H3,(H2,26,32,33). The Morgan fingerprint density at radius 2 is 1.86 bits per heavy atom. The first kappa shape index (κ1) is 23.2. The highest BCUT2D eigenvalue weighted by atomic mass is 32.2. The molecule has 3 aromatic carbocycles. The molecule has 35 heavy (non-hydrogen) atoms. The average Bonchev–Trinajstić information content (AvgIpc) is 3.56. The number of tetrazole rings is 1. The van der Waals surface area contributed by atoms with E-state index in [1.54, 1.807) is 17.9 Å². The first-order chi connectivity index (χ1) is 16.9. The maximum Gasteiger partial charge on any atom is 0.238 e. The van der Waals surface area contributed by atoms with Gasteiger partial charge in [-0.3, -0.25) is 0 Å². The summed E-state index contributed by atoms with van der Waals surface area (Å²) in [6, 6.07) is 20.8. The van der Waals surface area contributed by atoms with Crippen LogP contribution in [0.1, 0.15) is 23.5 Å². The molecule has 1 unspecified atom stereocenters. The van der Waals surface area contributed by atoms with Crippen molar-refractivity contribution in [3.05, 3.63) is 77.9 Å². The van der Waals surface area contributed by atoms with Gasteiger partial charge in [0.15, 0.2) is 5.82 Å². The summed E-state index contributed by atoms with van der Waals surface area (Å²) in [5.74, 6) is 1.55. The molecule has 180 valence electrons. The van der Waals surface area contributed by atoms with E-state index in [2.05, 4.69) is 33.0 Å². The van der Waals surface area contributed by atoms with Gasteiger partial charge < -0.3 is 10.1 Å². The molecule has 5 rings (SSSR count). The Morgan fingerprint density at radius 1 is 1.09 bits per heavy atom. The van der Waals surface area contributed by atoms with Crippen LogP contribution in [0.5, 0.6) is 5.75 Å². The number of benzene rings is 3. The first-order valence-electron chi connectivity index (χ1n) is 11.3. The lowest BCUT2D eigenvalue weighted by molar-refractivity contribution is 0.414. The summed E-state index contributed by atoms with van der Waals surface area (Å²) >= 11 is 0. The third-order valence-electron chi connectivity index (χ3n) is 6.33. The summed E-state index contributed by atoms with van der Waals surface area (Å²) in [6.45, 7) is 2.33. The van der Waals surface area contributed by atoms with Crippen molar-refractivity contribution in [3.63, 3.8) is 0 Å². The molecule has 2 heterocycles. The number of methoxy groups -OCH3 is 1. The van der Waals surface area contributed by atoms with E-state index in [1.165, 1.54) is 11.6 Å². The van der Waals surface area contributed by atoms with E-state index >= 15 is 0 Å². The van der Waals surface area contributed by atoms with Crippen molar-refractivity contribution in [3.8, 4) is 28.3 Å². The zero-order valence-electron chi connectivity index (χ0n) is 19.3. The summed E-state index contributed by atoms with van der Waals surface area (Å²) in [6.07, 6.45) is 1.10. The molecule has 4 aromatic rings. The van der Waals surface area contributed by atoms with Crippen LogP contribution in [0.2, 0.25) is 0 Å². The molecule has 0 saturated carbocycles. The lowest BCUT2D eigenvalue weighted by Crippen LogP contribution is -2.15. The van der Waals surface area contributed by atoms with Crippen LogP contribution in [-0.4, -0.2) is 48.8 Å². The molecule has 3 N–H and O–H groups in total. The normalized spacial score (nSPS) is 15.9. The van der Waals surface area contributed by atoms with Crippen LogP contribution in [0.3, 0.4) is 0 Å². The maximum atomic E-state index is 12.6. The fourth-order valence-electron chi connectivity index (χ4n) is 4.51. The SMILES string of the molecule is COc1ccc(Cn2nnnc2-c2c(-c3ccc(C4CCNC4)cc3)cccc2S(N)(=O)=O)cc1. The van der Waals surface area contributed by atoms with Crippen molar-refractivity contribution in [2.24, 2.45) is 5.14 Å². The van der Waals surface area contributed by atoms with Crippen molar-refractivity contribution in [2.75, 3.05) is 20.2 Å². The van der Waals surface area contributed by atoms with Crippen LogP contribution >= 0.6 is 0 Å². The Morgan fingerprint density at radius 3 is 2.51 bits per heavy atom. The second-order valence-corrected chi connectivity index (χ2v) is 10.1. The van der Waals surface area contributed by atoms with E-state index in [4.69, 9.17) is 9.88 Å². The van der Waals surface area contributed by atoms with Crippen LogP contribution in [0.15, 0.2) is 71.6 Å². The van der Waals surface area contributed by atoms with E-state index in [0.717, 1.165) is 36.4 Å². The molecular weight excluding hydrogens is 464 g/mol. The summed E-state index contributed by atoms with van der Waals surface area (Å²) in [4.78, 5) is -0.0233. The summed E-state index contributed by atoms with van der Waals surface area (Å²) < 4.78 is 32.0. The van der Waals surface area contributed by atoms with E-state index in [9.17, 15) is 8.42 Å². The lowest BCUT2D eigenvalue weighted by Gasteiger charge is -2.15. The monoisotopic (exact) mass is 490 g/mol. The minimum Gasteiger partial charge on any atom is -0.497 e. The molecular formula is C25H26N6O3S. The smallest absolute Gasteiger partial charge is 0.238 e. The van der Waals surface area contributed by atoms with Crippen molar-refractivity contribution >= 4 is 10.0 Å². The average molecular weight is 491 g/mol. The van der Waals surface area contributed by atoms with E-state index in [-0.39, 0.29) is 4.90 Å². The van der Waals surface area contributed by atoms with Gasteiger partial charge in [-0.05, 0) is 69.8 Å². The van der Waals surface area contributed by atoms with Crippen molar-refractivity contribution in [1.82, 2.24) is 25.5 Å². The molecule has 0 amide bonds. The Bertz CT molecular complexity index is 1430. The summed E-state index contributed by atoms with van der Waals surface area (Å²) in [5, 5.41) is 21.2. The topological polar surface area (TPSA) is 125 Å². The molecule has 0 aliphatic carbocycles. The maximum absolute atomic E-state index is 12.6. The van der Waals surface area contributed by atoms with E-state index in [0.29, 0.717) is 29.4 Å². The number of hydrogen-bond donors (Lipinski definition) is 2. The van der Waals surface area contributed by atoms with Gasteiger partial charge >= 0.3 is 0 Å². The second kappa shape index (κ2) is 9.57. The summed E-state index contributed by atoms with van der Waals surface area (Å²) in [7, 11) is -2.44. The highest BCUT2D eigenvalue weighted by Crippen LogP contribution is 2.36. The van der Waals surface area contributed by atoms with Gasteiger partial charge in [-0.1, -0.05) is 48.5 Å². The fraction of sp³-hybridized carbons (Fsp3) is 0.240. The number of nitrogens with one attached hydrogen (secondary N) is 1. The molecule has 1 fully saturated rings. The van der Waals surface area contributed by atoms with E-state index in [1.807, 2.05) is 42.5 Å². The molecule has 1 saturated heterocycles. The quantitative estimate of drug-likeness (QED) is 0.408. The predicted octanol–water partition coefficient (Wildman–Crippen LogP) is 2.79. The molecule has 10 heteroatoms. The number of aromatic nitrogens is 4. The molecule has 0 bridgehead atoms. The minimum atomic E-state index is -4.04. The Labute approximate surface area is 204 Å². The lowest BCUT2D eigenvalue weighted by atomic mass is 9.94. The number of primary sulfonamides is 1. The fourth-order valence-corrected chi connectivity index (χ4v) is 5.26. The van der Waals surface area contributed by atoms with Gasteiger partial charge in [0.25, 0.3) is 0 Å². The number of nitrogens with two attached hydrogens (primary N) is 1. The van der Waals surface area contributed by atoms with Crippen LogP contribution in [0.4, 0.5) is 0 Å². The number of nitrogens with zero attached hydrogens (tertiary/aromatic N) is 4. The Hall–Kier alpha value is -3.60. The molecule has 0 spiro atoms. The highest BCUT2D eigenvalue weighted by molar-refractivity contribution is 7.89. The number of rotatable bonds is 7.